The van der Waals surface area contributed by atoms with Gasteiger partial charge in [-0.15, -0.1) is 0 Å². The van der Waals surface area contributed by atoms with Crippen molar-refractivity contribution in [2.75, 3.05) is 49.7 Å². The van der Waals surface area contributed by atoms with Crippen molar-refractivity contribution >= 4 is 52.5 Å². The molecule has 1 aliphatic rings. The molecule has 1 aromatic carbocycles. The van der Waals surface area contributed by atoms with E-state index in [0.717, 1.165) is 31.7 Å². The molecular weight excluding hydrogens is 450 g/mol. The molecule has 11 heteroatoms. The van der Waals surface area contributed by atoms with Crippen LogP contribution in [0.15, 0.2) is 34.3 Å². The third-order valence-electron chi connectivity index (χ3n) is 5.56. The smallest absolute Gasteiger partial charge is 0.313 e. The van der Waals surface area contributed by atoms with Crippen LogP contribution in [0, 0.1) is 5.41 Å². The van der Waals surface area contributed by atoms with E-state index in [0.29, 0.717) is 33.0 Å². The van der Waals surface area contributed by atoms with E-state index in [1.165, 1.54) is 30.8 Å². The topological polar surface area (TPSA) is 130 Å². The van der Waals surface area contributed by atoms with Crippen LogP contribution in [0.3, 0.4) is 0 Å². The predicted octanol–water partition coefficient (Wildman–Crippen LogP) is 2.46. The molecule has 1 aliphatic heterocycles. The van der Waals surface area contributed by atoms with Crippen molar-refractivity contribution in [3.8, 4) is 0 Å². The number of nitrogens with two attached hydrogens (primary N) is 2. The lowest BCUT2D eigenvalue weighted by atomic mass is 9.80. The van der Waals surface area contributed by atoms with Gasteiger partial charge in [0.1, 0.15) is 10.8 Å². The van der Waals surface area contributed by atoms with Gasteiger partial charge in [0, 0.05) is 32.1 Å². The highest BCUT2D eigenvalue weighted by Gasteiger charge is 2.29. The predicted molar refractivity (Wildman–Crippen MR) is 128 cm³/mol. The normalized spacial score (nSPS) is 15.3. The number of nitrogen functional groups attached to an aromatic ring is 1. The fourth-order valence-electron chi connectivity index (χ4n) is 3.26. The molecule has 2 heterocycles. The second-order valence-electron chi connectivity index (χ2n) is 8.29. The van der Waals surface area contributed by atoms with Crippen molar-refractivity contribution < 1.29 is 9.59 Å². The fraction of sp³-hybridized carbons (Fsp3) is 0.429. The maximum atomic E-state index is 12.1. The minimum Gasteiger partial charge on any atom is -0.381 e. The van der Waals surface area contributed by atoms with E-state index in [2.05, 4.69) is 27.1 Å². The third-order valence-corrected chi connectivity index (χ3v) is 7.14. The van der Waals surface area contributed by atoms with Gasteiger partial charge in [-0.05, 0) is 36.9 Å². The number of carbonyl (C=O) groups excluding carboxylic acids is 2. The van der Waals surface area contributed by atoms with Gasteiger partial charge in [0.15, 0.2) is 5.82 Å². The van der Waals surface area contributed by atoms with E-state index < -0.39 is 11.8 Å². The number of hydrogen-bond acceptors (Lipinski definition) is 8. The van der Waals surface area contributed by atoms with E-state index >= 15 is 0 Å². The van der Waals surface area contributed by atoms with Gasteiger partial charge in [0.2, 0.25) is 0 Å². The van der Waals surface area contributed by atoms with Crippen LogP contribution in [0.2, 0.25) is 5.02 Å². The Morgan fingerprint density at radius 3 is 2.59 bits per heavy atom. The summed E-state index contributed by atoms with van der Waals surface area (Å²) in [5.41, 5.74) is 12.6. The third kappa shape index (κ3) is 5.43. The largest absolute Gasteiger partial charge is 0.381 e. The lowest BCUT2D eigenvalue weighted by molar-refractivity contribution is -0.141. The monoisotopic (exact) mass is 477 g/mol. The first-order valence-electron chi connectivity index (χ1n) is 10.2. The molecule has 32 heavy (non-hydrogen) atoms. The van der Waals surface area contributed by atoms with E-state index in [-0.39, 0.29) is 5.41 Å². The maximum Gasteiger partial charge on any atom is 0.313 e. The SMILES string of the molecule is CN(C)C(=O)C(=O)Nc1cccc(Sc2ncc(N3CCC(C)(CN)CC3)nc2N)c1Cl. The molecule has 1 saturated heterocycles. The highest BCUT2D eigenvalue weighted by molar-refractivity contribution is 7.99. The van der Waals surface area contributed by atoms with Crippen molar-refractivity contribution in [3.05, 3.63) is 29.4 Å². The molecule has 2 amide bonds. The Balaban J connectivity index is 1.73. The van der Waals surface area contributed by atoms with Crippen molar-refractivity contribution in [3.63, 3.8) is 0 Å². The zero-order valence-corrected chi connectivity index (χ0v) is 20.0. The number of nitrogens with zero attached hydrogens (tertiary/aromatic N) is 4. The van der Waals surface area contributed by atoms with Gasteiger partial charge in [-0.3, -0.25) is 9.59 Å². The highest BCUT2D eigenvalue weighted by Crippen LogP contribution is 2.39. The lowest BCUT2D eigenvalue weighted by Crippen LogP contribution is -2.42. The van der Waals surface area contributed by atoms with Gasteiger partial charge in [-0.1, -0.05) is 36.4 Å². The molecule has 5 N–H and O–H groups in total. The number of likely N-dealkylation sites (N-methyl/N-ethyl adjacent to an activating group) is 1. The number of piperidine rings is 1. The number of halogens is 1. The molecule has 0 aliphatic carbocycles. The summed E-state index contributed by atoms with van der Waals surface area (Å²) in [5, 5.41) is 3.34. The van der Waals surface area contributed by atoms with Crippen LogP contribution in [0.1, 0.15) is 19.8 Å². The van der Waals surface area contributed by atoms with Crippen molar-refractivity contribution in [1.29, 1.82) is 0 Å². The molecule has 1 aromatic heterocycles. The maximum absolute atomic E-state index is 12.1. The molecule has 0 bridgehead atoms. The summed E-state index contributed by atoms with van der Waals surface area (Å²) in [6, 6.07) is 5.13. The van der Waals surface area contributed by atoms with Crippen LogP contribution in [-0.4, -0.2) is 60.4 Å². The number of anilines is 3. The Morgan fingerprint density at radius 2 is 2.00 bits per heavy atom. The minimum absolute atomic E-state index is 0.166. The molecule has 0 atom stereocenters. The summed E-state index contributed by atoms with van der Waals surface area (Å²) in [7, 11) is 3.00. The van der Waals surface area contributed by atoms with E-state index in [9.17, 15) is 9.59 Å². The number of rotatable bonds is 5. The average Bonchev–Trinajstić information content (AvgIpc) is 2.77. The molecule has 1 fully saturated rings. The summed E-state index contributed by atoms with van der Waals surface area (Å²) in [6.45, 7) is 4.59. The molecule has 2 aromatic rings. The van der Waals surface area contributed by atoms with Crippen LogP contribution in [0.25, 0.3) is 0 Å². The van der Waals surface area contributed by atoms with Crippen LogP contribution in [0.4, 0.5) is 17.3 Å². The van der Waals surface area contributed by atoms with E-state index in [1.807, 2.05) is 0 Å². The Bertz CT molecular complexity index is 1010. The van der Waals surface area contributed by atoms with Gasteiger partial charge in [0.25, 0.3) is 0 Å². The first-order chi connectivity index (χ1) is 15.1. The molecular formula is C21H28ClN7O2S. The summed E-state index contributed by atoms with van der Waals surface area (Å²) in [5.74, 6) is -0.405. The molecule has 0 saturated carbocycles. The average molecular weight is 478 g/mol. The number of nitrogens with one attached hydrogen (secondary N) is 1. The van der Waals surface area contributed by atoms with E-state index in [4.69, 9.17) is 23.1 Å². The Morgan fingerprint density at radius 1 is 1.31 bits per heavy atom. The van der Waals surface area contributed by atoms with Crippen LogP contribution >= 0.6 is 23.4 Å². The Labute approximate surface area is 196 Å². The lowest BCUT2D eigenvalue weighted by Gasteiger charge is -2.39. The Kier molecular flexibility index (Phi) is 7.47. The zero-order chi connectivity index (χ0) is 23.5. The first kappa shape index (κ1) is 24.1. The molecule has 3 rings (SSSR count). The minimum atomic E-state index is -0.769. The van der Waals surface area contributed by atoms with Gasteiger partial charge >= 0.3 is 11.8 Å². The van der Waals surface area contributed by atoms with E-state index in [1.54, 1.807) is 24.4 Å². The number of benzene rings is 1. The summed E-state index contributed by atoms with van der Waals surface area (Å²) in [4.78, 5) is 36.9. The second kappa shape index (κ2) is 9.93. The number of aromatic nitrogens is 2. The van der Waals surface area contributed by atoms with Gasteiger partial charge in [0.05, 0.1) is 16.9 Å². The van der Waals surface area contributed by atoms with Gasteiger partial charge < -0.3 is 26.6 Å². The molecule has 0 radical (unpaired) electrons. The molecule has 0 unspecified atom stereocenters. The molecule has 9 nitrogen and oxygen atoms in total. The van der Waals surface area contributed by atoms with Crippen LogP contribution in [-0.2, 0) is 9.59 Å². The Hall–Kier alpha value is -2.56. The highest BCUT2D eigenvalue weighted by atomic mass is 35.5. The van der Waals surface area contributed by atoms with Crippen molar-refractivity contribution in [1.82, 2.24) is 14.9 Å². The molecule has 172 valence electrons. The molecule has 0 spiro atoms. The first-order valence-corrected chi connectivity index (χ1v) is 11.4. The number of amides is 2. The standard InChI is InChI=1S/C21H28ClN7O2S/c1-21(12-23)7-9-29(10-8-21)15-11-25-19(17(24)27-15)32-14-6-4-5-13(16(14)22)26-18(30)20(31)28(2)3/h4-6,11H,7-10,12,23H2,1-3H3,(H2,24,27)(H,26,30). The van der Waals surface area contributed by atoms with Gasteiger partial charge in [-0.2, -0.15) is 0 Å². The number of hydrogen-bond donors (Lipinski definition) is 3. The fourth-order valence-corrected chi connectivity index (χ4v) is 4.36. The summed E-state index contributed by atoms with van der Waals surface area (Å²) in [6.07, 6.45) is 3.69. The van der Waals surface area contributed by atoms with Crippen molar-refractivity contribution in [2.24, 2.45) is 11.1 Å². The number of carbonyl (C=O) groups is 2. The second-order valence-corrected chi connectivity index (χ2v) is 9.70. The zero-order valence-electron chi connectivity index (χ0n) is 18.4. The quantitative estimate of drug-likeness (QED) is 0.560. The van der Waals surface area contributed by atoms with Crippen LogP contribution < -0.4 is 21.7 Å². The van der Waals surface area contributed by atoms with Crippen LogP contribution in [0.5, 0.6) is 0 Å². The summed E-state index contributed by atoms with van der Waals surface area (Å²) < 4.78 is 0. The van der Waals surface area contributed by atoms with Crippen molar-refractivity contribution in [2.45, 2.75) is 29.7 Å². The van der Waals surface area contributed by atoms with Gasteiger partial charge in [-0.25, -0.2) is 9.97 Å². The summed E-state index contributed by atoms with van der Waals surface area (Å²) >= 11 is 7.71.